The van der Waals surface area contributed by atoms with Crippen LogP contribution in [-0.4, -0.2) is 26.2 Å². The minimum atomic E-state index is -3.79. The highest BCUT2D eigenvalue weighted by Gasteiger charge is 2.26. The van der Waals surface area contributed by atoms with E-state index in [1.165, 1.54) is 0 Å². The zero-order chi connectivity index (χ0) is 14.9. The second-order valence-electron chi connectivity index (χ2n) is 4.99. The Kier molecular flexibility index (Phi) is 4.68. The highest BCUT2D eigenvalue weighted by atomic mass is 79.9. The van der Waals surface area contributed by atoms with Crippen LogP contribution in [0.15, 0.2) is 21.5 Å². The van der Waals surface area contributed by atoms with Crippen molar-refractivity contribution < 1.29 is 17.9 Å². The Morgan fingerprint density at radius 3 is 2.75 bits per heavy atom. The van der Waals surface area contributed by atoms with Crippen molar-refractivity contribution in [1.29, 1.82) is 0 Å². The molecule has 0 amide bonds. The Morgan fingerprint density at radius 1 is 1.45 bits per heavy atom. The average molecular weight is 367 g/mol. The molecule has 1 aromatic rings. The van der Waals surface area contributed by atoms with Crippen molar-refractivity contribution in [3.05, 3.63) is 22.4 Å². The number of anilines is 1. The molecular formula is C12H16BrFN2O3S. The van der Waals surface area contributed by atoms with E-state index in [4.69, 9.17) is 5.73 Å². The second-order valence-corrected chi connectivity index (χ2v) is 7.58. The third-order valence-electron chi connectivity index (χ3n) is 3.42. The summed E-state index contributed by atoms with van der Waals surface area (Å²) < 4.78 is 40.1. The van der Waals surface area contributed by atoms with Gasteiger partial charge in [0, 0.05) is 6.54 Å². The number of nitrogen functional groups attached to an aromatic ring is 1. The van der Waals surface area contributed by atoms with Crippen LogP contribution in [-0.2, 0) is 10.0 Å². The summed E-state index contributed by atoms with van der Waals surface area (Å²) in [6.07, 6.45) is 1.71. The highest BCUT2D eigenvalue weighted by Crippen LogP contribution is 2.28. The second kappa shape index (κ2) is 5.97. The quantitative estimate of drug-likeness (QED) is 0.705. The van der Waals surface area contributed by atoms with E-state index in [-0.39, 0.29) is 33.6 Å². The van der Waals surface area contributed by atoms with Gasteiger partial charge in [0.05, 0.1) is 16.3 Å². The third-order valence-corrected chi connectivity index (χ3v) is 5.50. The summed E-state index contributed by atoms with van der Waals surface area (Å²) >= 11 is 2.94. The van der Waals surface area contributed by atoms with Crippen LogP contribution in [0.2, 0.25) is 0 Å². The first kappa shape index (κ1) is 15.7. The lowest BCUT2D eigenvalue weighted by molar-refractivity contribution is 0.178. The van der Waals surface area contributed by atoms with Crippen LogP contribution in [0.5, 0.6) is 0 Å². The van der Waals surface area contributed by atoms with E-state index in [1.807, 2.05) is 0 Å². The molecule has 4 N–H and O–H groups in total. The van der Waals surface area contributed by atoms with Crippen molar-refractivity contribution in [3.63, 3.8) is 0 Å². The zero-order valence-electron chi connectivity index (χ0n) is 10.6. The first-order valence-corrected chi connectivity index (χ1v) is 8.49. The molecule has 0 radical (unpaired) electrons. The minimum absolute atomic E-state index is 0.0448. The Balaban J connectivity index is 2.12. The van der Waals surface area contributed by atoms with Gasteiger partial charge < -0.3 is 10.8 Å². The molecule has 112 valence electrons. The Morgan fingerprint density at radius 2 is 2.15 bits per heavy atom. The van der Waals surface area contributed by atoms with Gasteiger partial charge in [-0.05, 0) is 53.2 Å². The molecule has 1 aliphatic rings. The predicted octanol–water partition coefficient (Wildman–Crippen LogP) is 1.61. The number of hydrogen-bond donors (Lipinski definition) is 3. The zero-order valence-corrected chi connectivity index (χ0v) is 13.0. The average Bonchev–Trinajstić information content (AvgIpc) is 2.77. The molecule has 1 aromatic carbocycles. The van der Waals surface area contributed by atoms with Crippen LogP contribution in [0.4, 0.5) is 10.1 Å². The van der Waals surface area contributed by atoms with Crippen molar-refractivity contribution in [2.24, 2.45) is 5.92 Å². The van der Waals surface area contributed by atoms with Crippen LogP contribution >= 0.6 is 15.9 Å². The smallest absolute Gasteiger partial charge is 0.242 e. The topological polar surface area (TPSA) is 92.4 Å². The number of halogens is 2. The normalized spacial score (nSPS) is 23.1. The number of sulfonamides is 1. The van der Waals surface area contributed by atoms with Crippen molar-refractivity contribution >= 4 is 31.6 Å². The van der Waals surface area contributed by atoms with Gasteiger partial charge >= 0.3 is 0 Å². The molecule has 1 saturated carbocycles. The summed E-state index contributed by atoms with van der Waals surface area (Å²) in [5.74, 6) is -0.495. The Labute approximate surface area is 125 Å². The van der Waals surface area contributed by atoms with Gasteiger partial charge in [-0.1, -0.05) is 0 Å². The van der Waals surface area contributed by atoms with E-state index in [0.29, 0.717) is 12.8 Å². The number of aliphatic hydroxyl groups excluding tert-OH is 1. The molecule has 0 aromatic heterocycles. The van der Waals surface area contributed by atoms with Crippen molar-refractivity contribution in [1.82, 2.24) is 4.72 Å². The standard InChI is InChI=1S/C12H16BrFN2O3S/c13-9-4-12(11(15)5-10(9)14)20(18,19)16-6-7-1-2-8(17)3-7/h4-5,7-8,16-17H,1-3,6,15H2. The molecule has 1 aliphatic carbocycles. The Hall–Kier alpha value is -0.700. The maximum Gasteiger partial charge on any atom is 0.242 e. The van der Waals surface area contributed by atoms with Crippen molar-refractivity contribution in [3.8, 4) is 0 Å². The van der Waals surface area contributed by atoms with Gasteiger partial charge in [0.2, 0.25) is 10.0 Å². The van der Waals surface area contributed by atoms with Crippen LogP contribution < -0.4 is 10.5 Å². The minimum Gasteiger partial charge on any atom is -0.398 e. The predicted molar refractivity (Wildman–Crippen MR) is 77.0 cm³/mol. The van der Waals surface area contributed by atoms with Crippen LogP contribution in [0.3, 0.4) is 0 Å². The van der Waals surface area contributed by atoms with Gasteiger partial charge in [-0.2, -0.15) is 0 Å². The van der Waals surface area contributed by atoms with E-state index < -0.39 is 15.8 Å². The molecule has 1 fully saturated rings. The van der Waals surface area contributed by atoms with E-state index in [2.05, 4.69) is 20.7 Å². The maximum absolute atomic E-state index is 13.3. The monoisotopic (exact) mass is 366 g/mol. The van der Waals surface area contributed by atoms with E-state index in [0.717, 1.165) is 18.6 Å². The highest BCUT2D eigenvalue weighted by molar-refractivity contribution is 9.10. The molecule has 0 saturated heterocycles. The third kappa shape index (κ3) is 3.49. The molecule has 0 bridgehead atoms. The number of aliphatic hydroxyl groups is 1. The van der Waals surface area contributed by atoms with E-state index in [9.17, 15) is 17.9 Å². The van der Waals surface area contributed by atoms with Crippen molar-refractivity contribution in [2.75, 3.05) is 12.3 Å². The molecule has 5 nitrogen and oxygen atoms in total. The maximum atomic E-state index is 13.3. The first-order valence-electron chi connectivity index (χ1n) is 6.22. The summed E-state index contributed by atoms with van der Waals surface area (Å²) in [6, 6.07) is 2.12. The largest absolute Gasteiger partial charge is 0.398 e. The molecule has 2 atom stereocenters. The molecule has 2 unspecified atom stereocenters. The molecule has 0 spiro atoms. The van der Waals surface area contributed by atoms with Gasteiger partial charge in [0.25, 0.3) is 0 Å². The molecule has 20 heavy (non-hydrogen) atoms. The molecule has 2 rings (SSSR count). The summed E-state index contributed by atoms with van der Waals surface area (Å²) in [5, 5.41) is 9.41. The van der Waals surface area contributed by atoms with Gasteiger partial charge in [-0.3, -0.25) is 0 Å². The first-order chi connectivity index (χ1) is 9.29. The molecule has 0 aliphatic heterocycles. The van der Waals surface area contributed by atoms with Crippen LogP contribution in [0, 0.1) is 11.7 Å². The molecular weight excluding hydrogens is 351 g/mol. The number of rotatable bonds is 4. The fourth-order valence-corrected chi connectivity index (χ4v) is 4.06. The number of benzene rings is 1. The van der Waals surface area contributed by atoms with Crippen LogP contribution in [0.25, 0.3) is 0 Å². The van der Waals surface area contributed by atoms with Gasteiger partial charge in [-0.15, -0.1) is 0 Å². The lowest BCUT2D eigenvalue weighted by atomic mass is 10.1. The molecule has 0 heterocycles. The summed E-state index contributed by atoms with van der Waals surface area (Å²) in [4.78, 5) is -0.149. The van der Waals surface area contributed by atoms with E-state index in [1.54, 1.807) is 0 Å². The molecule has 8 heteroatoms. The Bertz CT molecular complexity index is 609. The van der Waals surface area contributed by atoms with Gasteiger partial charge in [0.1, 0.15) is 10.7 Å². The number of hydrogen-bond acceptors (Lipinski definition) is 4. The fourth-order valence-electron chi connectivity index (χ4n) is 2.32. The summed E-state index contributed by atoms with van der Waals surface area (Å²) in [6.45, 7) is 0.244. The van der Waals surface area contributed by atoms with Crippen molar-refractivity contribution in [2.45, 2.75) is 30.3 Å². The lowest BCUT2D eigenvalue weighted by Crippen LogP contribution is -2.29. The number of nitrogens with one attached hydrogen (secondary N) is 1. The summed E-state index contributed by atoms with van der Waals surface area (Å²) in [7, 11) is -3.79. The van der Waals surface area contributed by atoms with Crippen LogP contribution in [0.1, 0.15) is 19.3 Å². The van der Waals surface area contributed by atoms with Gasteiger partial charge in [-0.25, -0.2) is 17.5 Å². The summed E-state index contributed by atoms with van der Waals surface area (Å²) in [5.41, 5.74) is 5.43. The van der Waals surface area contributed by atoms with E-state index >= 15 is 0 Å². The lowest BCUT2D eigenvalue weighted by Gasteiger charge is -2.13. The van der Waals surface area contributed by atoms with Gasteiger partial charge in [0.15, 0.2) is 0 Å². The fraction of sp³-hybridized carbons (Fsp3) is 0.500. The SMILES string of the molecule is Nc1cc(F)c(Br)cc1S(=O)(=O)NCC1CCC(O)C1. The number of nitrogens with two attached hydrogens (primary N) is 1.